The van der Waals surface area contributed by atoms with Crippen LogP contribution in [0.25, 0.3) is 0 Å². The molecule has 108 valence electrons. The molecule has 1 fully saturated rings. The first-order valence-electron chi connectivity index (χ1n) is 6.86. The van der Waals surface area contributed by atoms with Crippen molar-refractivity contribution in [2.45, 2.75) is 51.5 Å². The van der Waals surface area contributed by atoms with E-state index < -0.39 is 5.97 Å². The van der Waals surface area contributed by atoms with E-state index in [1.165, 1.54) is 0 Å². The molecule has 0 saturated heterocycles. The van der Waals surface area contributed by atoms with E-state index in [4.69, 9.17) is 5.11 Å². The van der Waals surface area contributed by atoms with E-state index >= 15 is 0 Å². The summed E-state index contributed by atoms with van der Waals surface area (Å²) in [5, 5.41) is 14.6. The highest BCUT2D eigenvalue weighted by atomic mass is 16.4. The maximum absolute atomic E-state index is 11.7. The van der Waals surface area contributed by atoms with Crippen molar-refractivity contribution in [3.8, 4) is 0 Å². The van der Waals surface area contributed by atoms with E-state index in [1.807, 2.05) is 6.92 Å². The Labute approximate surface area is 114 Å². The molecule has 1 unspecified atom stereocenters. The third-order valence-corrected chi connectivity index (χ3v) is 3.78. The summed E-state index contributed by atoms with van der Waals surface area (Å²) >= 11 is 0. The Morgan fingerprint density at radius 2 is 2.00 bits per heavy atom. The molecule has 5 heteroatoms. The van der Waals surface area contributed by atoms with Crippen LogP contribution in [0.15, 0.2) is 12.7 Å². The minimum Gasteiger partial charge on any atom is -0.481 e. The second-order valence-electron chi connectivity index (χ2n) is 5.48. The van der Waals surface area contributed by atoms with Gasteiger partial charge in [-0.2, -0.15) is 0 Å². The summed E-state index contributed by atoms with van der Waals surface area (Å²) in [6.07, 6.45) is 6.75. The molecule has 0 aromatic rings. The van der Waals surface area contributed by atoms with Crippen LogP contribution in [0.5, 0.6) is 0 Å². The number of hydrogen-bond acceptors (Lipinski definition) is 2. The number of carboxylic acid groups (broad SMARTS) is 1. The molecule has 1 atom stereocenters. The van der Waals surface area contributed by atoms with Gasteiger partial charge < -0.3 is 15.7 Å². The fourth-order valence-electron chi connectivity index (χ4n) is 2.62. The van der Waals surface area contributed by atoms with Crippen LogP contribution in [0, 0.1) is 5.41 Å². The van der Waals surface area contributed by atoms with Gasteiger partial charge in [0.05, 0.1) is 6.42 Å². The number of carboxylic acids is 1. The summed E-state index contributed by atoms with van der Waals surface area (Å²) in [5.41, 5.74) is -0.279. The van der Waals surface area contributed by atoms with Crippen molar-refractivity contribution < 1.29 is 14.7 Å². The number of hydrogen-bond donors (Lipinski definition) is 3. The first-order valence-corrected chi connectivity index (χ1v) is 6.86. The normalized spacial score (nSPS) is 19.2. The Hall–Kier alpha value is -1.52. The van der Waals surface area contributed by atoms with Crippen molar-refractivity contribution >= 4 is 12.0 Å². The van der Waals surface area contributed by atoms with Gasteiger partial charge in [0, 0.05) is 12.6 Å². The summed E-state index contributed by atoms with van der Waals surface area (Å²) < 4.78 is 0. The van der Waals surface area contributed by atoms with Crippen molar-refractivity contribution in [2.75, 3.05) is 6.54 Å². The van der Waals surface area contributed by atoms with Crippen LogP contribution < -0.4 is 10.6 Å². The zero-order valence-corrected chi connectivity index (χ0v) is 11.6. The van der Waals surface area contributed by atoms with Gasteiger partial charge in [0.1, 0.15) is 0 Å². The average Bonchev–Trinajstić information content (AvgIpc) is 2.36. The zero-order valence-electron chi connectivity index (χ0n) is 11.6. The van der Waals surface area contributed by atoms with Gasteiger partial charge in [-0.05, 0) is 25.2 Å². The maximum atomic E-state index is 11.7. The Balaban J connectivity index is 2.51. The van der Waals surface area contributed by atoms with Crippen LogP contribution in [0.1, 0.15) is 45.4 Å². The minimum absolute atomic E-state index is 0.0956. The molecule has 0 bridgehead atoms. The van der Waals surface area contributed by atoms with Gasteiger partial charge in [-0.3, -0.25) is 4.79 Å². The molecule has 1 saturated carbocycles. The molecule has 0 spiro atoms. The number of urea groups is 1. The predicted molar refractivity (Wildman–Crippen MR) is 74.0 cm³/mol. The smallest absolute Gasteiger partial charge is 0.315 e. The lowest BCUT2D eigenvalue weighted by Gasteiger charge is -2.36. The molecular weight excluding hydrogens is 244 g/mol. The highest BCUT2D eigenvalue weighted by molar-refractivity contribution is 5.74. The molecule has 1 aliphatic rings. The van der Waals surface area contributed by atoms with Crippen LogP contribution in [0.4, 0.5) is 4.79 Å². The molecule has 0 radical (unpaired) electrons. The number of rotatable bonds is 6. The van der Waals surface area contributed by atoms with Crippen LogP contribution in [-0.4, -0.2) is 29.7 Å². The van der Waals surface area contributed by atoms with E-state index in [0.29, 0.717) is 6.54 Å². The van der Waals surface area contributed by atoms with Crippen molar-refractivity contribution in [2.24, 2.45) is 5.41 Å². The summed E-state index contributed by atoms with van der Waals surface area (Å²) in [5.74, 6) is -0.788. The Morgan fingerprint density at radius 1 is 1.37 bits per heavy atom. The second-order valence-corrected chi connectivity index (χ2v) is 5.48. The lowest BCUT2D eigenvalue weighted by Crippen LogP contribution is -2.46. The molecule has 0 aliphatic heterocycles. The van der Waals surface area contributed by atoms with Crippen molar-refractivity contribution in [3.05, 3.63) is 12.7 Å². The molecule has 5 nitrogen and oxygen atoms in total. The number of aliphatic carboxylic acids is 1. The molecule has 1 aliphatic carbocycles. The van der Waals surface area contributed by atoms with Gasteiger partial charge in [0.25, 0.3) is 0 Å². The van der Waals surface area contributed by atoms with Gasteiger partial charge in [-0.15, -0.1) is 6.58 Å². The zero-order chi connectivity index (χ0) is 14.3. The Morgan fingerprint density at radius 3 is 2.53 bits per heavy atom. The van der Waals surface area contributed by atoms with Crippen molar-refractivity contribution in [1.29, 1.82) is 0 Å². The number of nitrogens with one attached hydrogen (secondary N) is 2. The van der Waals surface area contributed by atoms with Crippen LogP contribution >= 0.6 is 0 Å². The Bertz CT molecular complexity index is 336. The summed E-state index contributed by atoms with van der Waals surface area (Å²) in [7, 11) is 0. The summed E-state index contributed by atoms with van der Waals surface area (Å²) in [4.78, 5) is 22.7. The summed E-state index contributed by atoms with van der Waals surface area (Å²) in [6, 6.07) is -0.357. The molecule has 0 aromatic carbocycles. The van der Waals surface area contributed by atoms with Crippen LogP contribution in [0.3, 0.4) is 0 Å². The van der Waals surface area contributed by atoms with Crippen LogP contribution in [0.2, 0.25) is 0 Å². The van der Waals surface area contributed by atoms with Gasteiger partial charge in [0.15, 0.2) is 0 Å². The summed E-state index contributed by atoms with van der Waals surface area (Å²) in [6.45, 7) is 5.86. The Kier molecular flexibility index (Phi) is 5.86. The lowest BCUT2D eigenvalue weighted by atomic mass is 9.72. The highest BCUT2D eigenvalue weighted by Crippen LogP contribution is 2.38. The van der Waals surface area contributed by atoms with Gasteiger partial charge in [0.2, 0.25) is 0 Å². The standard InChI is InChI=1S/C14H24N2O3/c1-3-11(2)16-13(19)15-10-14(9-12(17)18)7-5-4-6-8-14/h3,11H,1,4-10H2,2H3,(H,17,18)(H2,15,16,19). The number of carbonyl (C=O) groups is 2. The number of carbonyl (C=O) groups excluding carboxylic acids is 1. The van der Waals surface area contributed by atoms with E-state index in [0.717, 1.165) is 32.1 Å². The first kappa shape index (κ1) is 15.5. The second kappa shape index (κ2) is 7.16. The van der Waals surface area contributed by atoms with E-state index in [2.05, 4.69) is 17.2 Å². The van der Waals surface area contributed by atoms with Crippen molar-refractivity contribution in [1.82, 2.24) is 10.6 Å². The third-order valence-electron chi connectivity index (χ3n) is 3.78. The monoisotopic (exact) mass is 268 g/mol. The maximum Gasteiger partial charge on any atom is 0.315 e. The molecule has 0 aromatic heterocycles. The third kappa shape index (κ3) is 5.32. The first-order chi connectivity index (χ1) is 8.97. The molecular formula is C14H24N2O3. The molecule has 3 N–H and O–H groups in total. The quantitative estimate of drug-likeness (QED) is 0.647. The fraction of sp³-hybridized carbons (Fsp3) is 0.714. The lowest BCUT2D eigenvalue weighted by molar-refractivity contribution is -0.140. The predicted octanol–water partition coefficient (Wildman–Crippen LogP) is 2.29. The highest BCUT2D eigenvalue weighted by Gasteiger charge is 2.34. The topological polar surface area (TPSA) is 78.4 Å². The average molecular weight is 268 g/mol. The molecule has 0 heterocycles. The SMILES string of the molecule is C=CC(C)NC(=O)NCC1(CC(=O)O)CCCCC1. The van der Waals surface area contributed by atoms with E-state index in [9.17, 15) is 9.59 Å². The van der Waals surface area contributed by atoms with Gasteiger partial charge in [-0.25, -0.2) is 4.79 Å². The van der Waals surface area contributed by atoms with Gasteiger partial charge in [-0.1, -0.05) is 25.3 Å². The molecule has 2 amide bonds. The number of amides is 2. The van der Waals surface area contributed by atoms with Gasteiger partial charge >= 0.3 is 12.0 Å². The fourth-order valence-corrected chi connectivity index (χ4v) is 2.62. The largest absolute Gasteiger partial charge is 0.481 e. The molecule has 1 rings (SSSR count). The molecule has 19 heavy (non-hydrogen) atoms. The minimum atomic E-state index is -0.788. The van der Waals surface area contributed by atoms with Crippen LogP contribution in [-0.2, 0) is 4.79 Å². The van der Waals surface area contributed by atoms with E-state index in [-0.39, 0.29) is 23.9 Å². The van der Waals surface area contributed by atoms with E-state index in [1.54, 1.807) is 6.08 Å². The van der Waals surface area contributed by atoms with Crippen molar-refractivity contribution in [3.63, 3.8) is 0 Å².